The van der Waals surface area contributed by atoms with Gasteiger partial charge in [-0.1, -0.05) is 24.6 Å². The topological polar surface area (TPSA) is 34.9 Å². The Hall–Kier alpha value is -1.90. The molecule has 17 heavy (non-hydrogen) atoms. The number of hydrogen-bond donors (Lipinski definition) is 0. The number of Topliss-reactive ketones (excluding diaryl/α,β-unsaturated/α-hetero) is 1. The summed E-state index contributed by atoms with van der Waals surface area (Å²) < 4.78 is 1.74. The van der Waals surface area contributed by atoms with Gasteiger partial charge >= 0.3 is 0 Å². The second kappa shape index (κ2) is 4.17. The Balaban J connectivity index is 1.96. The molecule has 1 aliphatic rings. The summed E-state index contributed by atoms with van der Waals surface area (Å²) in [5.74, 6) is 0.451. The molecule has 0 unspecified atom stereocenters. The minimum Gasteiger partial charge on any atom is -0.292 e. The summed E-state index contributed by atoms with van der Waals surface area (Å²) in [5.41, 5.74) is 1.65. The van der Waals surface area contributed by atoms with E-state index in [2.05, 4.69) is 5.10 Å². The van der Waals surface area contributed by atoms with Gasteiger partial charge in [-0.25, -0.2) is 4.68 Å². The number of carbonyl (C=O) groups excluding carboxylic acids is 1. The predicted molar refractivity (Wildman–Crippen MR) is 65.2 cm³/mol. The Labute approximate surface area is 100 Å². The average molecular weight is 226 g/mol. The van der Waals surface area contributed by atoms with Gasteiger partial charge in [0, 0.05) is 5.92 Å². The van der Waals surface area contributed by atoms with Crippen LogP contribution in [0.15, 0.2) is 42.6 Å². The molecule has 1 heterocycles. The van der Waals surface area contributed by atoms with Crippen LogP contribution in [0.4, 0.5) is 0 Å². The highest BCUT2D eigenvalue weighted by molar-refractivity contribution is 5.97. The van der Waals surface area contributed by atoms with Crippen molar-refractivity contribution in [3.63, 3.8) is 0 Å². The van der Waals surface area contributed by atoms with Crippen LogP contribution >= 0.6 is 0 Å². The molecule has 1 aromatic carbocycles. The van der Waals surface area contributed by atoms with Crippen LogP contribution in [0.5, 0.6) is 0 Å². The first-order chi connectivity index (χ1) is 8.36. The molecule has 0 atom stereocenters. The van der Waals surface area contributed by atoms with Gasteiger partial charge in [0.2, 0.25) is 0 Å². The molecule has 0 radical (unpaired) electrons. The van der Waals surface area contributed by atoms with E-state index in [1.165, 1.54) is 6.42 Å². The zero-order valence-electron chi connectivity index (χ0n) is 9.54. The van der Waals surface area contributed by atoms with Crippen molar-refractivity contribution in [3.8, 4) is 5.69 Å². The normalized spacial score (nSPS) is 15.5. The van der Waals surface area contributed by atoms with Crippen LogP contribution in [0.2, 0.25) is 0 Å². The molecule has 3 nitrogen and oxygen atoms in total. The molecule has 0 spiro atoms. The van der Waals surface area contributed by atoms with Gasteiger partial charge in [0.15, 0.2) is 5.78 Å². The highest BCUT2D eigenvalue weighted by Gasteiger charge is 2.28. The molecule has 1 aromatic heterocycles. The van der Waals surface area contributed by atoms with E-state index in [1.54, 1.807) is 10.9 Å². The lowest BCUT2D eigenvalue weighted by molar-refractivity contribution is 0.0847. The molecular weight excluding hydrogens is 212 g/mol. The highest BCUT2D eigenvalue weighted by atomic mass is 16.1. The van der Waals surface area contributed by atoms with Gasteiger partial charge in [0.1, 0.15) is 5.69 Å². The molecule has 2 aromatic rings. The van der Waals surface area contributed by atoms with Crippen LogP contribution in [0.3, 0.4) is 0 Å². The molecule has 0 N–H and O–H groups in total. The van der Waals surface area contributed by atoms with Crippen molar-refractivity contribution in [2.75, 3.05) is 0 Å². The van der Waals surface area contributed by atoms with Crippen LogP contribution in [0.25, 0.3) is 5.69 Å². The van der Waals surface area contributed by atoms with Crippen molar-refractivity contribution in [2.45, 2.75) is 19.3 Å². The third kappa shape index (κ3) is 1.78. The first-order valence-corrected chi connectivity index (χ1v) is 6.00. The minimum atomic E-state index is 0.217. The highest BCUT2D eigenvalue weighted by Crippen LogP contribution is 2.30. The molecule has 86 valence electrons. The third-order valence-corrected chi connectivity index (χ3v) is 3.37. The van der Waals surface area contributed by atoms with E-state index in [4.69, 9.17) is 0 Å². The van der Waals surface area contributed by atoms with Crippen LogP contribution in [-0.2, 0) is 0 Å². The molecule has 3 rings (SSSR count). The maximum absolute atomic E-state index is 12.2. The van der Waals surface area contributed by atoms with Gasteiger partial charge in [-0.2, -0.15) is 5.10 Å². The summed E-state index contributed by atoms with van der Waals surface area (Å²) in [6, 6.07) is 11.6. The number of nitrogens with zero attached hydrogens (tertiary/aromatic N) is 2. The summed E-state index contributed by atoms with van der Waals surface area (Å²) in [5, 5.41) is 4.24. The van der Waals surface area contributed by atoms with Crippen LogP contribution < -0.4 is 0 Å². The van der Waals surface area contributed by atoms with Gasteiger partial charge in [-0.15, -0.1) is 0 Å². The van der Waals surface area contributed by atoms with E-state index < -0.39 is 0 Å². The zero-order chi connectivity index (χ0) is 11.7. The number of para-hydroxylation sites is 1. The maximum atomic E-state index is 12.2. The maximum Gasteiger partial charge on any atom is 0.184 e. The van der Waals surface area contributed by atoms with E-state index in [-0.39, 0.29) is 11.7 Å². The lowest BCUT2D eigenvalue weighted by Crippen LogP contribution is -2.24. The zero-order valence-corrected chi connectivity index (χ0v) is 9.54. The van der Waals surface area contributed by atoms with Crippen LogP contribution in [0, 0.1) is 5.92 Å². The van der Waals surface area contributed by atoms with Gasteiger partial charge in [-0.3, -0.25) is 4.79 Å². The number of aromatic nitrogens is 2. The Bertz CT molecular complexity index is 526. The monoisotopic (exact) mass is 226 g/mol. The Morgan fingerprint density at radius 1 is 1.18 bits per heavy atom. The van der Waals surface area contributed by atoms with Crippen molar-refractivity contribution in [2.24, 2.45) is 5.92 Å². The summed E-state index contributed by atoms with van der Waals surface area (Å²) in [6.07, 6.45) is 4.92. The number of carbonyl (C=O) groups is 1. The first-order valence-electron chi connectivity index (χ1n) is 6.00. The average Bonchev–Trinajstić information content (AvgIpc) is 2.76. The molecule has 3 heteroatoms. The van der Waals surface area contributed by atoms with Gasteiger partial charge in [0.25, 0.3) is 0 Å². The number of hydrogen-bond acceptors (Lipinski definition) is 2. The molecular formula is C14H14N2O. The molecule has 1 aliphatic carbocycles. The van der Waals surface area contributed by atoms with Gasteiger partial charge < -0.3 is 0 Å². The Morgan fingerprint density at radius 3 is 2.59 bits per heavy atom. The quantitative estimate of drug-likeness (QED) is 0.754. The molecule has 0 saturated heterocycles. The fourth-order valence-corrected chi connectivity index (χ4v) is 2.14. The van der Waals surface area contributed by atoms with Crippen molar-refractivity contribution < 1.29 is 4.79 Å². The second-order valence-electron chi connectivity index (χ2n) is 4.46. The number of rotatable bonds is 3. The Morgan fingerprint density at radius 2 is 1.94 bits per heavy atom. The molecule has 0 bridgehead atoms. The molecule has 1 saturated carbocycles. The standard InChI is InChI=1S/C14H14N2O/c17-14(11-5-4-6-11)13-9-10-15-16(13)12-7-2-1-3-8-12/h1-3,7-11H,4-6H2. The lowest BCUT2D eigenvalue weighted by Gasteiger charge is -2.23. The summed E-state index contributed by atoms with van der Waals surface area (Å²) >= 11 is 0. The molecule has 0 amide bonds. The number of benzene rings is 1. The predicted octanol–water partition coefficient (Wildman–Crippen LogP) is 2.86. The second-order valence-corrected chi connectivity index (χ2v) is 4.46. The van der Waals surface area contributed by atoms with Crippen molar-refractivity contribution in [3.05, 3.63) is 48.3 Å². The van der Waals surface area contributed by atoms with E-state index in [0.717, 1.165) is 18.5 Å². The summed E-state index contributed by atoms with van der Waals surface area (Å²) in [6.45, 7) is 0. The summed E-state index contributed by atoms with van der Waals surface area (Å²) in [7, 11) is 0. The fraction of sp³-hybridized carbons (Fsp3) is 0.286. The van der Waals surface area contributed by atoms with E-state index in [0.29, 0.717) is 5.69 Å². The van der Waals surface area contributed by atoms with E-state index in [9.17, 15) is 4.79 Å². The largest absolute Gasteiger partial charge is 0.292 e. The smallest absolute Gasteiger partial charge is 0.184 e. The van der Waals surface area contributed by atoms with Crippen molar-refractivity contribution in [1.29, 1.82) is 0 Å². The van der Waals surface area contributed by atoms with Crippen molar-refractivity contribution in [1.82, 2.24) is 9.78 Å². The first kappa shape index (κ1) is 10.3. The van der Waals surface area contributed by atoms with Gasteiger partial charge in [-0.05, 0) is 31.0 Å². The van der Waals surface area contributed by atoms with E-state index >= 15 is 0 Å². The third-order valence-electron chi connectivity index (χ3n) is 3.37. The summed E-state index contributed by atoms with van der Waals surface area (Å²) in [4.78, 5) is 12.2. The Kier molecular flexibility index (Phi) is 2.52. The van der Waals surface area contributed by atoms with Crippen LogP contribution in [0.1, 0.15) is 29.8 Å². The van der Waals surface area contributed by atoms with Crippen LogP contribution in [-0.4, -0.2) is 15.6 Å². The number of ketones is 1. The van der Waals surface area contributed by atoms with Crippen molar-refractivity contribution >= 4 is 5.78 Å². The fourth-order valence-electron chi connectivity index (χ4n) is 2.14. The van der Waals surface area contributed by atoms with Gasteiger partial charge in [0.05, 0.1) is 11.9 Å². The molecule has 0 aliphatic heterocycles. The lowest BCUT2D eigenvalue weighted by atomic mass is 9.81. The minimum absolute atomic E-state index is 0.217. The molecule has 1 fully saturated rings. The SMILES string of the molecule is O=C(c1ccnn1-c1ccccc1)C1CCC1. The van der Waals surface area contributed by atoms with E-state index in [1.807, 2.05) is 36.4 Å².